The molecule has 0 bridgehead atoms. The number of piperidine rings is 1. The zero-order valence-corrected chi connectivity index (χ0v) is 20.5. The van der Waals surface area contributed by atoms with E-state index in [1.54, 1.807) is 4.90 Å². The molecule has 8 nitrogen and oxygen atoms in total. The molecule has 0 aromatic heterocycles. The van der Waals surface area contributed by atoms with Crippen LogP contribution in [0, 0.1) is 11.6 Å². The molecule has 2 aromatic rings. The van der Waals surface area contributed by atoms with E-state index in [1.807, 2.05) is 37.3 Å². The van der Waals surface area contributed by atoms with E-state index in [1.165, 1.54) is 0 Å². The molecule has 1 atom stereocenters. The smallest absolute Gasteiger partial charge is 0.412 e. The number of hydrogen-bond donors (Lipinski definition) is 2. The third-order valence-electron chi connectivity index (χ3n) is 5.98. The maximum absolute atomic E-state index is 14.5. The van der Waals surface area contributed by atoms with E-state index in [2.05, 4.69) is 21.9 Å². The highest BCUT2D eigenvalue weighted by Gasteiger charge is 2.34. The van der Waals surface area contributed by atoms with Gasteiger partial charge in [0, 0.05) is 42.7 Å². The summed E-state index contributed by atoms with van der Waals surface area (Å²) in [5, 5.41) is 4.67. The van der Waals surface area contributed by atoms with Crippen molar-refractivity contribution in [1.29, 1.82) is 0 Å². The van der Waals surface area contributed by atoms with Crippen LogP contribution < -0.4 is 15.5 Å². The van der Waals surface area contributed by atoms with Crippen molar-refractivity contribution in [1.82, 2.24) is 10.6 Å². The molecule has 0 radical (unpaired) electrons. The Kier molecular flexibility index (Phi) is 9.48. The summed E-state index contributed by atoms with van der Waals surface area (Å²) in [6.45, 7) is 6.01. The molecular formula is C27H29F2N3O5. The van der Waals surface area contributed by atoms with E-state index in [0.717, 1.165) is 30.4 Å². The number of halogens is 2. The molecule has 2 fully saturated rings. The van der Waals surface area contributed by atoms with Gasteiger partial charge in [0.25, 0.3) is 0 Å². The summed E-state index contributed by atoms with van der Waals surface area (Å²) in [5.74, 6) is -3.60. The Morgan fingerprint density at radius 3 is 2.38 bits per heavy atom. The molecule has 10 heteroatoms. The van der Waals surface area contributed by atoms with E-state index >= 15 is 0 Å². The second-order valence-corrected chi connectivity index (χ2v) is 8.68. The average molecular weight is 514 g/mol. The Bertz CT molecular complexity index is 1140. The van der Waals surface area contributed by atoms with Gasteiger partial charge in [0.05, 0.1) is 18.2 Å². The van der Waals surface area contributed by atoms with Gasteiger partial charge in [0.15, 0.2) is 5.78 Å². The fourth-order valence-corrected chi connectivity index (χ4v) is 4.11. The number of imide groups is 1. The van der Waals surface area contributed by atoms with Crippen LogP contribution in [0.25, 0.3) is 0 Å². The number of anilines is 1. The van der Waals surface area contributed by atoms with Crippen molar-refractivity contribution in [3.63, 3.8) is 0 Å². The second kappa shape index (κ2) is 12.8. The second-order valence-electron chi connectivity index (χ2n) is 8.68. The summed E-state index contributed by atoms with van der Waals surface area (Å²) in [7, 11) is 0. The lowest BCUT2D eigenvalue weighted by atomic mass is 9.89. The van der Waals surface area contributed by atoms with Crippen molar-refractivity contribution in [2.45, 2.75) is 44.6 Å². The van der Waals surface area contributed by atoms with Gasteiger partial charge in [-0.25, -0.2) is 13.6 Å². The molecule has 2 aliphatic rings. The molecule has 2 N–H and O–H groups in total. The van der Waals surface area contributed by atoms with Crippen LogP contribution in [-0.4, -0.2) is 42.8 Å². The van der Waals surface area contributed by atoms with Crippen LogP contribution in [0.3, 0.4) is 0 Å². The van der Waals surface area contributed by atoms with Crippen LogP contribution >= 0.6 is 0 Å². The van der Waals surface area contributed by atoms with E-state index in [-0.39, 0.29) is 30.2 Å². The quantitative estimate of drug-likeness (QED) is 0.327. The largest absolute Gasteiger partial charge is 0.419 e. The van der Waals surface area contributed by atoms with E-state index in [9.17, 15) is 28.0 Å². The summed E-state index contributed by atoms with van der Waals surface area (Å²) in [6.07, 6.45) is 2.05. The maximum Gasteiger partial charge on any atom is 0.412 e. The molecule has 37 heavy (non-hydrogen) atoms. The molecule has 196 valence electrons. The zero-order valence-electron chi connectivity index (χ0n) is 20.5. The SMILES string of the molecule is C=COC(=O)NC1CN(c2cc(F)c(C3CCC(=O)NC3=O)c(F)c2)C1.CCCC(=O)c1ccccc1. The van der Waals surface area contributed by atoms with Gasteiger partial charge >= 0.3 is 6.09 Å². The van der Waals surface area contributed by atoms with Crippen molar-refractivity contribution >= 4 is 29.4 Å². The Morgan fingerprint density at radius 1 is 1.16 bits per heavy atom. The Morgan fingerprint density at radius 2 is 1.81 bits per heavy atom. The lowest BCUT2D eigenvalue weighted by Crippen LogP contribution is -2.59. The number of carbonyl (C=O) groups is 4. The minimum absolute atomic E-state index is 0.0390. The monoisotopic (exact) mass is 513 g/mol. The fourth-order valence-electron chi connectivity index (χ4n) is 4.11. The van der Waals surface area contributed by atoms with Gasteiger partial charge in [-0.3, -0.25) is 19.7 Å². The molecule has 4 rings (SSSR count). The highest BCUT2D eigenvalue weighted by atomic mass is 19.1. The predicted octanol–water partition coefficient (Wildman–Crippen LogP) is 4.21. The number of ether oxygens (including phenoxy) is 1. The average Bonchev–Trinajstić information content (AvgIpc) is 2.83. The highest BCUT2D eigenvalue weighted by molar-refractivity contribution is 6.01. The van der Waals surface area contributed by atoms with Crippen LogP contribution in [-0.2, 0) is 14.3 Å². The number of hydrogen-bond acceptors (Lipinski definition) is 6. The van der Waals surface area contributed by atoms with Gasteiger partial charge in [-0.05, 0) is 25.0 Å². The van der Waals surface area contributed by atoms with Crippen LogP contribution in [0.1, 0.15) is 54.4 Å². The molecule has 0 saturated carbocycles. The molecule has 2 saturated heterocycles. The van der Waals surface area contributed by atoms with Gasteiger partial charge in [-0.15, -0.1) is 0 Å². The minimum atomic E-state index is -1.03. The number of alkyl carbamates (subject to hydrolysis) is 1. The summed E-state index contributed by atoms with van der Waals surface area (Å²) in [5.41, 5.74) is 0.809. The Balaban J connectivity index is 0.000000289. The maximum atomic E-state index is 14.5. The number of carbonyl (C=O) groups excluding carboxylic acids is 4. The lowest BCUT2D eigenvalue weighted by Gasteiger charge is -2.41. The van der Waals surface area contributed by atoms with Crippen molar-refractivity contribution in [3.05, 3.63) is 78.1 Å². The first-order chi connectivity index (χ1) is 17.7. The Labute approximate surface area is 213 Å². The van der Waals surface area contributed by atoms with E-state index < -0.39 is 35.5 Å². The van der Waals surface area contributed by atoms with Crippen LogP contribution in [0.15, 0.2) is 55.3 Å². The molecule has 2 aliphatic heterocycles. The highest BCUT2D eigenvalue weighted by Crippen LogP contribution is 2.33. The third-order valence-corrected chi connectivity index (χ3v) is 5.98. The number of nitrogens with zero attached hydrogens (tertiary/aromatic N) is 1. The minimum Gasteiger partial charge on any atom is -0.419 e. The van der Waals surface area contributed by atoms with Crippen LogP contribution in [0.2, 0.25) is 0 Å². The number of nitrogens with one attached hydrogen (secondary N) is 2. The van der Waals surface area contributed by atoms with Crippen molar-refractivity contribution in [3.8, 4) is 0 Å². The summed E-state index contributed by atoms with van der Waals surface area (Å²) >= 11 is 0. The molecular weight excluding hydrogens is 484 g/mol. The first-order valence-corrected chi connectivity index (χ1v) is 12.0. The Hall–Kier alpha value is -4.08. The lowest BCUT2D eigenvalue weighted by molar-refractivity contribution is -0.134. The van der Waals surface area contributed by atoms with Gasteiger partial charge in [-0.2, -0.15) is 0 Å². The van der Waals surface area contributed by atoms with E-state index in [0.29, 0.717) is 25.2 Å². The standard InChI is InChI=1S/C17H17F2N3O4.C10H12O/c1-2-26-17(25)20-9-7-22(8-9)10-5-12(18)15(13(19)6-10)11-3-4-14(23)21-16(11)24;1-2-6-10(11)9-7-4-3-5-8-9/h2,5-6,9,11H,1,3-4,7-8H2,(H,20,25)(H,21,23,24);3-5,7-8H,2,6H2,1H3. The zero-order chi connectivity index (χ0) is 26.9. The van der Waals surface area contributed by atoms with Crippen LogP contribution in [0.4, 0.5) is 19.3 Å². The third kappa shape index (κ3) is 7.22. The van der Waals surface area contributed by atoms with Gasteiger partial charge in [-0.1, -0.05) is 43.8 Å². The molecule has 2 heterocycles. The number of rotatable bonds is 7. The first kappa shape index (κ1) is 27.5. The van der Waals surface area contributed by atoms with Gasteiger partial charge in [0.1, 0.15) is 11.6 Å². The summed E-state index contributed by atoms with van der Waals surface area (Å²) in [6, 6.07) is 11.5. The van der Waals surface area contributed by atoms with E-state index in [4.69, 9.17) is 0 Å². The van der Waals surface area contributed by atoms with Gasteiger partial charge in [0.2, 0.25) is 11.8 Å². The number of Topliss-reactive ketones (excluding diaryl/α,β-unsaturated/α-hetero) is 1. The summed E-state index contributed by atoms with van der Waals surface area (Å²) < 4.78 is 33.5. The number of ketones is 1. The fraction of sp³-hybridized carbons (Fsp3) is 0.333. The van der Waals surface area contributed by atoms with Crippen LogP contribution in [0.5, 0.6) is 0 Å². The van der Waals surface area contributed by atoms with Crippen molar-refractivity contribution in [2.24, 2.45) is 0 Å². The first-order valence-electron chi connectivity index (χ1n) is 12.0. The normalized spacial score (nSPS) is 17.1. The van der Waals surface area contributed by atoms with Gasteiger partial charge < -0.3 is 15.0 Å². The topological polar surface area (TPSA) is 105 Å². The number of benzene rings is 2. The molecule has 2 aromatic carbocycles. The molecule has 1 unspecified atom stereocenters. The van der Waals surface area contributed by atoms with Crippen molar-refractivity contribution < 1.29 is 32.7 Å². The van der Waals surface area contributed by atoms with Crippen molar-refractivity contribution in [2.75, 3.05) is 18.0 Å². The molecule has 0 spiro atoms. The molecule has 3 amide bonds. The number of amides is 3. The summed E-state index contributed by atoms with van der Waals surface area (Å²) in [4.78, 5) is 47.2. The molecule has 0 aliphatic carbocycles. The predicted molar refractivity (Wildman–Crippen MR) is 133 cm³/mol.